The lowest BCUT2D eigenvalue weighted by Crippen LogP contribution is -2.70. The van der Waals surface area contributed by atoms with Crippen LogP contribution in [0, 0.1) is 17.8 Å². The van der Waals surface area contributed by atoms with Gasteiger partial charge < -0.3 is 54.2 Å². The van der Waals surface area contributed by atoms with E-state index in [2.05, 4.69) is 10.2 Å². The van der Waals surface area contributed by atoms with Crippen molar-refractivity contribution in [2.24, 2.45) is 17.8 Å². The predicted molar refractivity (Wildman–Crippen MR) is 227 cm³/mol. The fraction of sp³-hybridized carbons (Fsp3) is 0.977. The Morgan fingerprint density at radius 1 is 0.951 bits per heavy atom. The molecule has 0 aromatic carbocycles. The van der Waals surface area contributed by atoms with Crippen molar-refractivity contribution in [3.05, 3.63) is 0 Å². The molecule has 4 rings (SSSR count). The molecular formula is C43H81N3O14S. The molecule has 61 heavy (non-hydrogen) atoms. The van der Waals surface area contributed by atoms with Gasteiger partial charge >= 0.3 is 16.3 Å². The Hall–Kier alpha value is -1.10. The van der Waals surface area contributed by atoms with Crippen LogP contribution >= 0.6 is 0 Å². The summed E-state index contributed by atoms with van der Waals surface area (Å²) in [5, 5.41) is 52.0. The Balaban J connectivity index is 1.86. The molecule has 0 unspecified atom stereocenters. The van der Waals surface area contributed by atoms with Crippen molar-refractivity contribution in [3.8, 4) is 0 Å². The van der Waals surface area contributed by atoms with Crippen molar-refractivity contribution < 1.29 is 66.2 Å². The summed E-state index contributed by atoms with van der Waals surface area (Å²) < 4.78 is 71.5. The SMILES string of the molecule is CCCNC[C@]1(O)[C@H](C)O[C@@H](O[C@H]2[C@H](C)[C@@H](O[C@@H]3O[C@H](C)C[C@H]4[C@H]3OS(=O)(=O)N4C)[C@](C)(O)C[C@@H](C)CN(CCC)[C@H](C)[C@@H](O)[C@](C)(O)[C@@H](CC)OC(=O)[C@@H]2C)C[C@@]1(C)OC. The van der Waals surface area contributed by atoms with Gasteiger partial charge in [-0.15, -0.1) is 0 Å². The molecule has 0 aliphatic carbocycles. The van der Waals surface area contributed by atoms with E-state index < -0.39 is 118 Å². The van der Waals surface area contributed by atoms with Gasteiger partial charge in [-0.2, -0.15) is 12.7 Å². The van der Waals surface area contributed by atoms with Crippen LogP contribution in [0.15, 0.2) is 0 Å². The van der Waals surface area contributed by atoms with E-state index in [1.165, 1.54) is 25.4 Å². The van der Waals surface area contributed by atoms with Crippen LogP contribution in [0.5, 0.6) is 0 Å². The molecule has 0 amide bonds. The number of hydrogen-bond donors (Lipinski definition) is 5. The molecule has 0 aromatic heterocycles. The van der Waals surface area contributed by atoms with E-state index in [4.69, 9.17) is 32.6 Å². The third-order valence-corrected chi connectivity index (χ3v) is 15.6. The van der Waals surface area contributed by atoms with Gasteiger partial charge in [-0.1, -0.05) is 34.6 Å². The Labute approximate surface area is 365 Å². The number of fused-ring (bicyclic) bond motifs is 1. The monoisotopic (exact) mass is 896 g/mol. The number of nitrogens with one attached hydrogen (secondary N) is 1. The number of likely N-dealkylation sites (N-methyl/N-ethyl adjacent to an activating group) is 1. The van der Waals surface area contributed by atoms with Crippen LogP contribution in [0.1, 0.15) is 122 Å². The van der Waals surface area contributed by atoms with Crippen LogP contribution in [0.4, 0.5) is 0 Å². The second-order valence-electron chi connectivity index (χ2n) is 19.3. The van der Waals surface area contributed by atoms with Gasteiger partial charge in [0, 0.05) is 45.6 Å². The first kappa shape index (κ1) is 52.5. The topological polar surface area (TPSA) is 215 Å². The van der Waals surface area contributed by atoms with Crippen molar-refractivity contribution >= 4 is 16.3 Å². The number of aliphatic hydroxyl groups is 4. The van der Waals surface area contributed by atoms with Gasteiger partial charge in [-0.3, -0.25) is 9.69 Å². The van der Waals surface area contributed by atoms with Crippen molar-refractivity contribution in [2.45, 2.75) is 211 Å². The maximum Gasteiger partial charge on any atom is 0.338 e. The van der Waals surface area contributed by atoms with Gasteiger partial charge in [0.25, 0.3) is 0 Å². The minimum atomic E-state index is -4.09. The second-order valence-corrected chi connectivity index (χ2v) is 20.9. The molecule has 0 spiro atoms. The van der Waals surface area contributed by atoms with E-state index in [0.717, 1.165) is 12.8 Å². The molecule has 5 N–H and O–H groups in total. The maximum absolute atomic E-state index is 14.5. The van der Waals surface area contributed by atoms with E-state index in [1.54, 1.807) is 41.5 Å². The van der Waals surface area contributed by atoms with E-state index >= 15 is 0 Å². The standard InChI is InChI=1S/C43H81N3O14S/c1-15-18-44-24-43(51)30(9)56-33(22-41(43,11)54-14)58-34-27(6)37(59-39-35-31(20-26(5)55-39)45(13)61(52,53)60-35)40(10,49)21-25(4)23-46(19-16-2)29(8)36(47)42(12,50)32(17-3)57-38(48)28(34)7/h25-37,39,44,47,49-51H,15-24H2,1-14H3/t25-,26-,27+,28-,29-,30+,31+,32-,33+,34+,35-,36-,37-,39+,40-,41-,42-,43+/m1/s1. The molecule has 358 valence electrons. The number of hydrogen-bond acceptors (Lipinski definition) is 16. The van der Waals surface area contributed by atoms with Crippen LogP contribution in [-0.4, -0.2) is 174 Å². The van der Waals surface area contributed by atoms with Gasteiger partial charge in [0.2, 0.25) is 0 Å². The number of esters is 1. The third-order valence-electron chi connectivity index (χ3n) is 14.2. The Morgan fingerprint density at radius 2 is 1.61 bits per heavy atom. The molecule has 17 nitrogen and oxygen atoms in total. The van der Waals surface area contributed by atoms with Gasteiger partial charge in [-0.25, -0.2) is 4.18 Å². The average Bonchev–Trinajstić information content (AvgIpc) is 3.41. The number of carbonyl (C=O) groups excluding carboxylic acids is 1. The zero-order valence-electron chi connectivity index (χ0n) is 39.3. The fourth-order valence-electron chi connectivity index (χ4n) is 10.3. The van der Waals surface area contributed by atoms with Crippen molar-refractivity contribution in [1.29, 1.82) is 0 Å². The predicted octanol–water partition coefficient (Wildman–Crippen LogP) is 2.70. The summed E-state index contributed by atoms with van der Waals surface area (Å²) in [5.74, 6) is -2.90. The van der Waals surface area contributed by atoms with Crippen molar-refractivity contribution in [2.75, 3.05) is 40.3 Å². The lowest BCUT2D eigenvalue weighted by Gasteiger charge is -2.53. The lowest BCUT2D eigenvalue weighted by atomic mass is 9.75. The number of ether oxygens (including phenoxy) is 6. The van der Waals surface area contributed by atoms with E-state index in [1.807, 2.05) is 34.6 Å². The van der Waals surface area contributed by atoms with Crippen LogP contribution < -0.4 is 5.32 Å². The van der Waals surface area contributed by atoms with E-state index in [-0.39, 0.29) is 31.7 Å². The lowest BCUT2D eigenvalue weighted by molar-refractivity contribution is -0.335. The summed E-state index contributed by atoms with van der Waals surface area (Å²) in [6, 6.07) is -1.16. The Kier molecular flexibility index (Phi) is 17.7. The Bertz CT molecular complexity index is 1540. The zero-order chi connectivity index (χ0) is 46.0. The molecular weight excluding hydrogens is 815 g/mol. The highest BCUT2D eigenvalue weighted by Crippen LogP contribution is 2.44. The number of aliphatic hydroxyl groups excluding tert-OH is 1. The number of methoxy groups -OCH3 is 1. The molecule has 18 atom stereocenters. The molecule has 4 heterocycles. The van der Waals surface area contributed by atoms with Crippen molar-refractivity contribution in [3.63, 3.8) is 0 Å². The van der Waals surface area contributed by atoms with Crippen molar-refractivity contribution in [1.82, 2.24) is 14.5 Å². The summed E-state index contributed by atoms with van der Waals surface area (Å²) >= 11 is 0. The number of carbonyl (C=O) groups is 1. The summed E-state index contributed by atoms with van der Waals surface area (Å²) in [4.78, 5) is 16.6. The highest BCUT2D eigenvalue weighted by molar-refractivity contribution is 7.84. The van der Waals surface area contributed by atoms with Gasteiger partial charge in [0.15, 0.2) is 12.6 Å². The van der Waals surface area contributed by atoms with Crippen LogP contribution in [0.3, 0.4) is 0 Å². The first-order valence-corrected chi connectivity index (χ1v) is 23.9. The molecule has 0 radical (unpaired) electrons. The van der Waals surface area contributed by atoms with Crippen LogP contribution in [-0.2, 0) is 47.7 Å². The summed E-state index contributed by atoms with van der Waals surface area (Å²) in [6.07, 6.45) is -6.93. The zero-order valence-corrected chi connectivity index (χ0v) is 40.1. The smallest absolute Gasteiger partial charge is 0.338 e. The minimum Gasteiger partial charge on any atom is -0.459 e. The molecule has 4 aliphatic heterocycles. The highest BCUT2D eigenvalue weighted by Gasteiger charge is 2.59. The van der Waals surface area contributed by atoms with Crippen LogP contribution in [0.25, 0.3) is 0 Å². The van der Waals surface area contributed by atoms with E-state index in [0.29, 0.717) is 26.1 Å². The van der Waals surface area contributed by atoms with Gasteiger partial charge in [0.05, 0.1) is 42.0 Å². The maximum atomic E-state index is 14.5. The number of nitrogens with zero attached hydrogens (tertiary/aromatic N) is 2. The number of rotatable bonds is 12. The minimum absolute atomic E-state index is 0.0523. The molecule has 4 fully saturated rings. The average molecular weight is 896 g/mol. The molecule has 18 heteroatoms. The number of cyclic esters (lactones) is 1. The first-order valence-electron chi connectivity index (χ1n) is 22.6. The largest absolute Gasteiger partial charge is 0.459 e. The fourth-order valence-corrected chi connectivity index (χ4v) is 11.5. The molecule has 0 saturated carbocycles. The quantitative estimate of drug-likeness (QED) is 0.141. The molecule has 0 bridgehead atoms. The van der Waals surface area contributed by atoms with Crippen LogP contribution in [0.2, 0.25) is 0 Å². The highest BCUT2D eigenvalue weighted by atomic mass is 32.2. The second kappa shape index (κ2) is 20.6. The third kappa shape index (κ3) is 11.1. The van der Waals surface area contributed by atoms with E-state index in [9.17, 15) is 33.6 Å². The Morgan fingerprint density at radius 3 is 2.20 bits per heavy atom. The normalized spacial score (nSPS) is 47.3. The van der Waals surface area contributed by atoms with Gasteiger partial charge in [0.1, 0.15) is 35.1 Å². The van der Waals surface area contributed by atoms with Gasteiger partial charge in [-0.05, 0) is 99.6 Å². The summed E-state index contributed by atoms with van der Waals surface area (Å²) in [7, 11) is -1.12. The summed E-state index contributed by atoms with van der Waals surface area (Å²) in [5.41, 5.74) is -6.17. The molecule has 0 aromatic rings. The first-order chi connectivity index (χ1) is 28.2. The molecule has 4 aliphatic rings. The summed E-state index contributed by atoms with van der Waals surface area (Å²) in [6.45, 7) is 23.4. The molecule has 4 saturated heterocycles.